The minimum Gasteiger partial charge on any atom is -0.489 e. The summed E-state index contributed by atoms with van der Waals surface area (Å²) in [6.45, 7) is 6.86. The van der Waals surface area contributed by atoms with Crippen molar-refractivity contribution in [2.75, 3.05) is 6.61 Å². The van der Waals surface area contributed by atoms with Crippen molar-refractivity contribution in [3.8, 4) is 11.5 Å². The lowest BCUT2D eigenvalue weighted by atomic mass is 10.1. The van der Waals surface area contributed by atoms with E-state index in [2.05, 4.69) is 57.2 Å². The molecule has 20 heavy (non-hydrogen) atoms. The van der Waals surface area contributed by atoms with E-state index < -0.39 is 0 Å². The highest BCUT2D eigenvalue weighted by atomic mass is 16.5. The SMILES string of the molecule is Cc1ccc2c(c1)C[C@@H](COc1cc(C)ccc1C)O2. The predicted molar refractivity (Wildman–Crippen MR) is 80.7 cm³/mol. The maximum absolute atomic E-state index is 5.94. The molecule has 1 aliphatic heterocycles. The van der Waals surface area contributed by atoms with E-state index in [9.17, 15) is 0 Å². The van der Waals surface area contributed by atoms with E-state index in [1.807, 2.05) is 0 Å². The van der Waals surface area contributed by atoms with Gasteiger partial charge in [0.25, 0.3) is 0 Å². The molecule has 0 saturated carbocycles. The second-order valence-electron chi connectivity index (χ2n) is 5.64. The molecular formula is C18H20O2. The highest BCUT2D eigenvalue weighted by molar-refractivity contribution is 5.40. The Morgan fingerprint density at radius 2 is 1.80 bits per heavy atom. The van der Waals surface area contributed by atoms with Crippen LogP contribution < -0.4 is 9.47 Å². The van der Waals surface area contributed by atoms with Gasteiger partial charge in [0, 0.05) is 6.42 Å². The fourth-order valence-electron chi connectivity index (χ4n) is 2.59. The van der Waals surface area contributed by atoms with Crippen LogP contribution in [0, 0.1) is 20.8 Å². The topological polar surface area (TPSA) is 18.5 Å². The molecule has 1 atom stereocenters. The Morgan fingerprint density at radius 3 is 2.65 bits per heavy atom. The van der Waals surface area contributed by atoms with Crippen molar-refractivity contribution >= 4 is 0 Å². The van der Waals surface area contributed by atoms with Gasteiger partial charge in [-0.2, -0.15) is 0 Å². The van der Waals surface area contributed by atoms with E-state index >= 15 is 0 Å². The standard InChI is InChI=1S/C18H20O2/c1-12-5-7-17-15(8-12)10-16(20-17)11-19-18-9-13(2)4-6-14(18)3/h4-9,16H,10-11H2,1-3H3/t16-/m0/s1. The zero-order chi connectivity index (χ0) is 14.1. The quantitative estimate of drug-likeness (QED) is 0.838. The molecule has 0 amide bonds. The zero-order valence-electron chi connectivity index (χ0n) is 12.3. The minimum atomic E-state index is 0.117. The number of benzene rings is 2. The Balaban J connectivity index is 1.65. The number of hydrogen-bond acceptors (Lipinski definition) is 2. The van der Waals surface area contributed by atoms with Gasteiger partial charge < -0.3 is 9.47 Å². The highest BCUT2D eigenvalue weighted by Crippen LogP contribution is 2.30. The van der Waals surface area contributed by atoms with Crippen LogP contribution in [0.25, 0.3) is 0 Å². The van der Waals surface area contributed by atoms with E-state index in [0.29, 0.717) is 6.61 Å². The Labute approximate surface area is 120 Å². The van der Waals surface area contributed by atoms with Crippen molar-refractivity contribution in [1.82, 2.24) is 0 Å². The van der Waals surface area contributed by atoms with Gasteiger partial charge in [-0.15, -0.1) is 0 Å². The average Bonchev–Trinajstić information content (AvgIpc) is 2.81. The van der Waals surface area contributed by atoms with Gasteiger partial charge in [0.15, 0.2) is 0 Å². The van der Waals surface area contributed by atoms with Crippen LogP contribution in [0.2, 0.25) is 0 Å². The first-order chi connectivity index (χ1) is 9.61. The second-order valence-corrected chi connectivity index (χ2v) is 5.64. The van der Waals surface area contributed by atoms with Crippen LogP contribution in [-0.4, -0.2) is 12.7 Å². The van der Waals surface area contributed by atoms with Crippen LogP contribution in [-0.2, 0) is 6.42 Å². The second kappa shape index (κ2) is 5.20. The van der Waals surface area contributed by atoms with Crippen molar-refractivity contribution in [2.45, 2.75) is 33.3 Å². The van der Waals surface area contributed by atoms with Crippen molar-refractivity contribution < 1.29 is 9.47 Å². The molecule has 0 aliphatic carbocycles. The lowest BCUT2D eigenvalue weighted by molar-refractivity contribution is 0.148. The van der Waals surface area contributed by atoms with E-state index in [1.54, 1.807) is 0 Å². The normalized spacial score (nSPS) is 16.6. The van der Waals surface area contributed by atoms with Gasteiger partial charge in [-0.05, 0) is 49.6 Å². The molecule has 2 heteroatoms. The van der Waals surface area contributed by atoms with E-state index in [4.69, 9.17) is 9.47 Å². The molecule has 0 aromatic heterocycles. The average molecular weight is 268 g/mol. The first kappa shape index (κ1) is 13.0. The number of hydrogen-bond donors (Lipinski definition) is 0. The summed E-state index contributed by atoms with van der Waals surface area (Å²) in [7, 11) is 0. The minimum absolute atomic E-state index is 0.117. The molecule has 1 heterocycles. The third-order valence-electron chi connectivity index (χ3n) is 3.73. The molecule has 104 valence electrons. The summed E-state index contributed by atoms with van der Waals surface area (Å²) in [4.78, 5) is 0. The van der Waals surface area contributed by atoms with Crippen molar-refractivity contribution in [3.05, 3.63) is 58.7 Å². The molecule has 1 aliphatic rings. The summed E-state index contributed by atoms with van der Waals surface area (Å²) in [5.74, 6) is 1.96. The molecule has 0 bridgehead atoms. The van der Waals surface area contributed by atoms with E-state index in [0.717, 1.165) is 17.9 Å². The Hall–Kier alpha value is -1.96. The maximum atomic E-state index is 5.94. The summed E-state index contributed by atoms with van der Waals surface area (Å²) < 4.78 is 11.9. The van der Waals surface area contributed by atoms with E-state index in [-0.39, 0.29) is 6.10 Å². The van der Waals surface area contributed by atoms with Gasteiger partial charge in [-0.1, -0.05) is 29.8 Å². The molecule has 0 spiro atoms. The highest BCUT2D eigenvalue weighted by Gasteiger charge is 2.23. The largest absolute Gasteiger partial charge is 0.489 e. The monoisotopic (exact) mass is 268 g/mol. The number of fused-ring (bicyclic) bond motifs is 1. The van der Waals surface area contributed by atoms with Crippen LogP contribution in [0.4, 0.5) is 0 Å². The molecule has 0 saturated heterocycles. The van der Waals surface area contributed by atoms with Crippen LogP contribution in [0.1, 0.15) is 22.3 Å². The molecule has 2 nitrogen and oxygen atoms in total. The first-order valence-electron chi connectivity index (χ1n) is 7.08. The van der Waals surface area contributed by atoms with Crippen molar-refractivity contribution in [3.63, 3.8) is 0 Å². The van der Waals surface area contributed by atoms with Crippen LogP contribution in [0.5, 0.6) is 11.5 Å². The number of aryl methyl sites for hydroxylation is 3. The Morgan fingerprint density at radius 1 is 1.05 bits per heavy atom. The molecule has 0 unspecified atom stereocenters. The lowest BCUT2D eigenvalue weighted by Crippen LogP contribution is -2.22. The van der Waals surface area contributed by atoms with Crippen molar-refractivity contribution in [2.24, 2.45) is 0 Å². The summed E-state index contributed by atoms with van der Waals surface area (Å²) in [5.41, 5.74) is 4.96. The van der Waals surface area contributed by atoms with Crippen LogP contribution in [0.15, 0.2) is 36.4 Å². The van der Waals surface area contributed by atoms with Crippen molar-refractivity contribution in [1.29, 1.82) is 0 Å². The Kier molecular flexibility index (Phi) is 3.39. The van der Waals surface area contributed by atoms with Crippen LogP contribution in [0.3, 0.4) is 0 Å². The van der Waals surface area contributed by atoms with Gasteiger partial charge in [0.2, 0.25) is 0 Å². The maximum Gasteiger partial charge on any atom is 0.137 e. The lowest BCUT2D eigenvalue weighted by Gasteiger charge is -2.14. The fourth-order valence-corrected chi connectivity index (χ4v) is 2.59. The van der Waals surface area contributed by atoms with Gasteiger partial charge in [0.1, 0.15) is 24.2 Å². The van der Waals surface area contributed by atoms with Gasteiger partial charge in [-0.25, -0.2) is 0 Å². The third-order valence-corrected chi connectivity index (χ3v) is 3.73. The summed E-state index contributed by atoms with van der Waals surface area (Å²) in [6, 6.07) is 12.6. The van der Waals surface area contributed by atoms with Gasteiger partial charge in [0.05, 0.1) is 0 Å². The fraction of sp³-hybridized carbons (Fsp3) is 0.333. The molecule has 0 radical (unpaired) electrons. The summed E-state index contributed by atoms with van der Waals surface area (Å²) >= 11 is 0. The summed E-state index contributed by atoms with van der Waals surface area (Å²) in [6.07, 6.45) is 1.05. The van der Waals surface area contributed by atoms with E-state index in [1.165, 1.54) is 22.3 Å². The molecule has 0 fully saturated rings. The van der Waals surface area contributed by atoms with Gasteiger partial charge in [-0.3, -0.25) is 0 Å². The number of ether oxygens (including phenoxy) is 2. The smallest absolute Gasteiger partial charge is 0.137 e. The first-order valence-corrected chi connectivity index (χ1v) is 7.08. The molecule has 0 N–H and O–H groups in total. The third kappa shape index (κ3) is 2.64. The van der Waals surface area contributed by atoms with Gasteiger partial charge >= 0.3 is 0 Å². The Bertz CT molecular complexity index is 631. The zero-order valence-corrected chi connectivity index (χ0v) is 12.3. The molecule has 2 aromatic carbocycles. The predicted octanol–water partition coefficient (Wildman–Crippen LogP) is 3.99. The molecule has 3 rings (SSSR count). The van der Waals surface area contributed by atoms with Crippen LogP contribution >= 0.6 is 0 Å². The summed E-state index contributed by atoms with van der Waals surface area (Å²) in [5, 5.41) is 0. The molecule has 2 aromatic rings. The molecular weight excluding hydrogens is 248 g/mol. The number of rotatable bonds is 3.